The number of ketones is 1. The van der Waals surface area contributed by atoms with E-state index < -0.39 is 35.1 Å². The molecule has 1 aromatic heterocycles. The highest BCUT2D eigenvalue weighted by atomic mass is 32.1. The van der Waals surface area contributed by atoms with Crippen LogP contribution in [0.3, 0.4) is 0 Å². The van der Waals surface area contributed by atoms with Gasteiger partial charge in [0.15, 0.2) is 0 Å². The quantitative estimate of drug-likeness (QED) is 0.374. The summed E-state index contributed by atoms with van der Waals surface area (Å²) in [6.45, 7) is 0. The monoisotopic (exact) mass is 427 g/mol. The number of hydrogen-bond donors (Lipinski definition) is 1. The molecule has 30 heavy (non-hydrogen) atoms. The third kappa shape index (κ3) is 3.15. The van der Waals surface area contributed by atoms with Crippen molar-refractivity contribution in [3.05, 3.63) is 87.6 Å². The van der Waals surface area contributed by atoms with E-state index >= 15 is 0 Å². The van der Waals surface area contributed by atoms with Crippen LogP contribution in [0.2, 0.25) is 0 Å². The number of carbonyl (C=O) groups is 2. The van der Waals surface area contributed by atoms with Gasteiger partial charge in [0.1, 0.15) is 29.2 Å². The molecule has 5 nitrogen and oxygen atoms in total. The number of amides is 1. The number of para-hydroxylation sites is 1. The number of nitrogens with zero attached hydrogens (tertiary/aromatic N) is 1. The lowest BCUT2D eigenvalue weighted by Gasteiger charge is -2.24. The molecule has 2 heterocycles. The second kappa shape index (κ2) is 7.72. The zero-order valence-electron chi connectivity index (χ0n) is 15.6. The van der Waals surface area contributed by atoms with Gasteiger partial charge in [-0.15, -0.1) is 11.3 Å². The van der Waals surface area contributed by atoms with Crippen LogP contribution in [0.5, 0.6) is 5.75 Å². The van der Waals surface area contributed by atoms with Crippen LogP contribution in [0, 0.1) is 11.6 Å². The zero-order chi connectivity index (χ0) is 21.4. The van der Waals surface area contributed by atoms with Crippen molar-refractivity contribution in [2.75, 3.05) is 12.0 Å². The Balaban J connectivity index is 1.97. The maximum Gasteiger partial charge on any atom is 0.300 e. The third-order valence-corrected chi connectivity index (χ3v) is 5.71. The number of rotatable bonds is 4. The van der Waals surface area contributed by atoms with Crippen molar-refractivity contribution in [1.82, 2.24) is 0 Å². The van der Waals surface area contributed by atoms with Gasteiger partial charge in [-0.3, -0.25) is 14.5 Å². The summed E-state index contributed by atoms with van der Waals surface area (Å²) in [5, 5.41) is 12.8. The first kappa shape index (κ1) is 19.8. The first-order valence-electron chi connectivity index (χ1n) is 8.87. The van der Waals surface area contributed by atoms with Crippen LogP contribution in [0.15, 0.2) is 65.6 Å². The summed E-state index contributed by atoms with van der Waals surface area (Å²) in [6.07, 6.45) is 0. The minimum Gasteiger partial charge on any atom is -0.507 e. The van der Waals surface area contributed by atoms with E-state index in [2.05, 4.69) is 0 Å². The number of ether oxygens (including phenoxy) is 1. The summed E-state index contributed by atoms with van der Waals surface area (Å²) in [5.41, 5.74) is -0.231. The number of benzene rings is 2. The maximum atomic E-state index is 14.5. The average molecular weight is 427 g/mol. The second-order valence-corrected chi connectivity index (χ2v) is 7.46. The highest BCUT2D eigenvalue weighted by molar-refractivity contribution is 7.10. The summed E-state index contributed by atoms with van der Waals surface area (Å²) in [6, 6.07) is 11.5. The SMILES string of the molecule is COc1ccccc1/C(O)=C1/C(=O)C(=O)N(c2ccc(F)cc2F)C1c1cccs1. The van der Waals surface area contributed by atoms with Gasteiger partial charge in [-0.25, -0.2) is 8.78 Å². The molecule has 1 aliphatic heterocycles. The van der Waals surface area contributed by atoms with Crippen LogP contribution < -0.4 is 9.64 Å². The number of aliphatic hydroxyl groups excluding tert-OH is 1. The molecule has 1 amide bonds. The number of Topliss-reactive ketones (excluding diaryl/α,β-unsaturated/α-hetero) is 1. The van der Waals surface area contributed by atoms with Crippen molar-refractivity contribution in [3.63, 3.8) is 0 Å². The number of anilines is 1. The molecular weight excluding hydrogens is 412 g/mol. The Morgan fingerprint density at radius 3 is 2.53 bits per heavy atom. The minimum absolute atomic E-state index is 0.198. The van der Waals surface area contributed by atoms with Gasteiger partial charge in [-0.1, -0.05) is 18.2 Å². The van der Waals surface area contributed by atoms with Gasteiger partial charge in [-0.2, -0.15) is 0 Å². The molecule has 1 N–H and O–H groups in total. The summed E-state index contributed by atoms with van der Waals surface area (Å²) >= 11 is 1.24. The largest absolute Gasteiger partial charge is 0.507 e. The van der Waals surface area contributed by atoms with Crippen LogP contribution in [0.25, 0.3) is 5.76 Å². The molecule has 1 aliphatic rings. The van der Waals surface area contributed by atoms with Gasteiger partial charge in [0, 0.05) is 10.9 Å². The van der Waals surface area contributed by atoms with E-state index in [1.807, 2.05) is 0 Å². The lowest BCUT2D eigenvalue weighted by Crippen LogP contribution is -2.30. The van der Waals surface area contributed by atoms with Crippen molar-refractivity contribution in [2.45, 2.75) is 6.04 Å². The van der Waals surface area contributed by atoms with Crippen molar-refractivity contribution < 1.29 is 28.2 Å². The van der Waals surface area contributed by atoms with Crippen LogP contribution in [-0.4, -0.2) is 23.9 Å². The first-order valence-corrected chi connectivity index (χ1v) is 9.75. The number of carbonyl (C=O) groups excluding carboxylic acids is 2. The summed E-state index contributed by atoms with van der Waals surface area (Å²) in [4.78, 5) is 27.3. The van der Waals surface area contributed by atoms with Gasteiger partial charge >= 0.3 is 0 Å². The molecule has 152 valence electrons. The third-order valence-electron chi connectivity index (χ3n) is 4.79. The highest BCUT2D eigenvalue weighted by Gasteiger charge is 2.48. The molecule has 1 fully saturated rings. The number of hydrogen-bond acceptors (Lipinski definition) is 5. The van der Waals surface area contributed by atoms with E-state index in [0.29, 0.717) is 16.7 Å². The Bertz CT molecular complexity index is 1170. The van der Waals surface area contributed by atoms with E-state index in [-0.39, 0.29) is 16.8 Å². The Labute approximate surface area is 174 Å². The molecule has 4 rings (SSSR count). The van der Waals surface area contributed by atoms with Crippen molar-refractivity contribution in [3.8, 4) is 5.75 Å². The molecule has 0 radical (unpaired) electrons. The standard InChI is InChI=1S/C22H15F2NO4S/c1-29-16-6-3-2-5-13(16)20(26)18-19(17-7-4-10-30-17)25(22(28)21(18)27)15-9-8-12(23)11-14(15)24/h2-11,19,26H,1H3/b20-18-. The molecule has 0 spiro atoms. The zero-order valence-corrected chi connectivity index (χ0v) is 16.5. The Kier molecular flexibility index (Phi) is 5.09. The molecule has 1 saturated heterocycles. The molecule has 8 heteroatoms. The molecule has 1 unspecified atom stereocenters. The van der Waals surface area contributed by atoms with Crippen molar-refractivity contribution in [2.24, 2.45) is 0 Å². The van der Waals surface area contributed by atoms with Crippen molar-refractivity contribution >= 4 is 34.5 Å². The summed E-state index contributed by atoms with van der Waals surface area (Å²) < 4.78 is 33.2. The van der Waals surface area contributed by atoms with E-state index in [4.69, 9.17) is 4.74 Å². The smallest absolute Gasteiger partial charge is 0.300 e. The molecule has 0 aliphatic carbocycles. The van der Waals surface area contributed by atoms with E-state index in [1.165, 1.54) is 18.4 Å². The molecule has 3 aromatic rings. The molecule has 0 saturated carbocycles. The van der Waals surface area contributed by atoms with Crippen molar-refractivity contribution in [1.29, 1.82) is 0 Å². The number of aliphatic hydroxyl groups is 1. The summed E-state index contributed by atoms with van der Waals surface area (Å²) in [5.74, 6) is -3.92. The Morgan fingerprint density at radius 1 is 1.10 bits per heavy atom. The van der Waals surface area contributed by atoms with E-state index in [0.717, 1.165) is 17.0 Å². The van der Waals surface area contributed by atoms with Crippen LogP contribution >= 0.6 is 11.3 Å². The lowest BCUT2D eigenvalue weighted by molar-refractivity contribution is -0.132. The van der Waals surface area contributed by atoms with Gasteiger partial charge in [0.2, 0.25) is 0 Å². The number of methoxy groups -OCH3 is 1. The van der Waals surface area contributed by atoms with Crippen LogP contribution in [0.4, 0.5) is 14.5 Å². The molecular formula is C22H15F2NO4S. The van der Waals surface area contributed by atoms with Gasteiger partial charge in [0.05, 0.1) is 23.9 Å². The Hall–Kier alpha value is -3.52. The minimum atomic E-state index is -1.07. The second-order valence-electron chi connectivity index (χ2n) is 6.48. The summed E-state index contributed by atoms with van der Waals surface area (Å²) in [7, 11) is 1.41. The molecule has 0 bridgehead atoms. The van der Waals surface area contributed by atoms with Gasteiger partial charge in [0.25, 0.3) is 11.7 Å². The average Bonchev–Trinajstić information content (AvgIpc) is 3.35. The maximum absolute atomic E-state index is 14.5. The normalized spacial score (nSPS) is 18.1. The number of thiophene rings is 1. The van der Waals surface area contributed by atoms with Crippen LogP contribution in [-0.2, 0) is 9.59 Å². The lowest BCUT2D eigenvalue weighted by atomic mass is 9.99. The fourth-order valence-corrected chi connectivity index (χ4v) is 4.28. The molecule has 1 atom stereocenters. The predicted molar refractivity (Wildman–Crippen MR) is 108 cm³/mol. The van der Waals surface area contributed by atoms with Crippen LogP contribution in [0.1, 0.15) is 16.5 Å². The highest BCUT2D eigenvalue weighted by Crippen LogP contribution is 2.45. The fourth-order valence-electron chi connectivity index (χ4n) is 3.46. The van der Waals surface area contributed by atoms with Gasteiger partial charge < -0.3 is 9.84 Å². The predicted octanol–water partition coefficient (Wildman–Crippen LogP) is 4.66. The van der Waals surface area contributed by atoms with E-state index in [9.17, 15) is 23.5 Å². The van der Waals surface area contributed by atoms with Gasteiger partial charge in [-0.05, 0) is 35.7 Å². The first-order chi connectivity index (χ1) is 14.4. The molecule has 2 aromatic carbocycles. The topological polar surface area (TPSA) is 66.8 Å². The fraction of sp³-hybridized carbons (Fsp3) is 0.0909. The Morgan fingerprint density at radius 2 is 1.87 bits per heavy atom. The van der Waals surface area contributed by atoms with E-state index in [1.54, 1.807) is 41.8 Å². The number of halogens is 2.